The van der Waals surface area contributed by atoms with E-state index in [1.54, 1.807) is 0 Å². The van der Waals surface area contributed by atoms with Gasteiger partial charge < -0.3 is 0 Å². The summed E-state index contributed by atoms with van der Waals surface area (Å²) in [6, 6.07) is 0. The summed E-state index contributed by atoms with van der Waals surface area (Å²) in [6.07, 6.45) is 0. The Morgan fingerprint density at radius 2 is 1.80 bits per heavy atom. The Morgan fingerprint density at radius 1 is 1.80 bits per heavy atom. The molecule has 3 nitrogen and oxygen atoms in total. The molecule has 4 heteroatoms. The van der Waals surface area contributed by atoms with E-state index in [1.807, 2.05) is 0 Å². The van der Waals surface area contributed by atoms with Crippen molar-refractivity contribution in [2.45, 2.75) is 0 Å². The Bertz CT molecular complexity index is 32.6. The van der Waals surface area contributed by atoms with Crippen molar-refractivity contribution < 1.29 is 40.5 Å². The van der Waals surface area contributed by atoms with Gasteiger partial charge in [0.1, 0.15) is 0 Å². The molecule has 0 aliphatic carbocycles. The molecule has 0 rings (SSSR count). The molecular formula is CLaNO2. The number of hydrogen-bond acceptors (Lipinski definition) is 2. The predicted molar refractivity (Wildman–Crippen MR) is 10.2 cm³/mol. The van der Waals surface area contributed by atoms with Gasteiger partial charge in [0.2, 0.25) is 0 Å². The van der Waals surface area contributed by atoms with Crippen molar-refractivity contribution in [1.82, 2.24) is 0 Å². The van der Waals surface area contributed by atoms with Gasteiger partial charge in [0.05, 0.1) is 4.92 Å². The van der Waals surface area contributed by atoms with E-state index in [2.05, 4.69) is 0 Å². The van der Waals surface area contributed by atoms with Crippen LogP contribution in [0.2, 0.25) is 0 Å². The summed E-state index contributed by atoms with van der Waals surface area (Å²) in [7, 11) is 5.31. The number of rotatable bonds is 0. The molecule has 0 saturated carbocycles. The molecular weight excluding hydrogens is 197 g/mol. The van der Waals surface area contributed by atoms with Crippen LogP contribution in [0.1, 0.15) is 0 Å². The van der Waals surface area contributed by atoms with Gasteiger partial charge in [-0.15, -0.1) is 0 Å². The third-order valence-electron chi connectivity index (χ3n) is 0. The minimum Gasteiger partial charge on any atom is -0.263 e. The monoisotopic (exact) mass is 197 g/mol. The van der Waals surface area contributed by atoms with Crippen LogP contribution in [0.5, 0.6) is 0 Å². The van der Waals surface area contributed by atoms with E-state index in [0.29, 0.717) is 0 Å². The van der Waals surface area contributed by atoms with E-state index >= 15 is 0 Å². The van der Waals surface area contributed by atoms with Crippen LogP contribution >= 0.6 is 0 Å². The second kappa shape index (κ2) is 4.59. The first-order valence-electron chi connectivity index (χ1n) is 0.589. The molecule has 0 unspecified atom stereocenters. The molecule has 0 aromatic rings. The topological polar surface area (TPSA) is 43.1 Å². The molecule has 0 aromatic heterocycles. The van der Waals surface area contributed by atoms with Gasteiger partial charge in [-0.2, -0.15) is 0 Å². The van der Waals surface area contributed by atoms with Gasteiger partial charge in [-0.3, -0.25) is 10.1 Å². The SMILES string of the molecule is [C][N+](=O)[O-].[La]. The van der Waals surface area contributed by atoms with E-state index in [9.17, 15) is 0 Å². The minimum absolute atomic E-state index is 0. The molecule has 24 valence electrons. The van der Waals surface area contributed by atoms with Crippen LogP contribution in [0.3, 0.4) is 0 Å². The number of hydrogen-bond donors (Lipinski definition) is 0. The summed E-state index contributed by atoms with van der Waals surface area (Å²) < 4.78 is 0. The van der Waals surface area contributed by atoms with Crippen molar-refractivity contribution in [3.63, 3.8) is 0 Å². The minimum atomic E-state index is -1.25. The molecule has 0 heterocycles. The summed E-state index contributed by atoms with van der Waals surface area (Å²) in [5.41, 5.74) is 0. The standard InChI is InChI=1S/CNO2.La/c1-2(3)4;. The Balaban J connectivity index is 0. The second-order valence-corrected chi connectivity index (χ2v) is 0.257. The number of nitro groups is 1. The Morgan fingerprint density at radius 3 is 1.80 bits per heavy atom. The van der Waals surface area contributed by atoms with E-state index in [0.717, 1.165) is 0 Å². The van der Waals surface area contributed by atoms with E-state index < -0.39 is 4.92 Å². The first kappa shape index (κ1) is 9.14. The summed E-state index contributed by atoms with van der Waals surface area (Å²) in [6.45, 7) is 0. The molecule has 0 aliphatic rings. The van der Waals surface area contributed by atoms with Gasteiger partial charge in [-0.1, -0.05) is 0 Å². The third-order valence-corrected chi connectivity index (χ3v) is 0. The van der Waals surface area contributed by atoms with Crippen molar-refractivity contribution in [1.29, 1.82) is 0 Å². The molecule has 0 bridgehead atoms. The molecule has 5 heavy (non-hydrogen) atoms. The quantitative estimate of drug-likeness (QED) is 0.399. The fourth-order valence-corrected chi connectivity index (χ4v) is 0. The Hall–Kier alpha value is 0.595. The van der Waals surface area contributed by atoms with Crippen molar-refractivity contribution in [3.05, 3.63) is 17.2 Å². The maximum atomic E-state index is 8.47. The maximum Gasteiger partial charge on any atom is 0.474 e. The normalized spacial score (nSPS) is 5.00. The fraction of sp³-hybridized carbons (Fsp3) is 0. The van der Waals surface area contributed by atoms with Crippen LogP contribution in [0.4, 0.5) is 0 Å². The zero-order chi connectivity index (χ0) is 3.58. The Labute approximate surface area is 57.5 Å². The van der Waals surface area contributed by atoms with Crippen molar-refractivity contribution in [3.8, 4) is 0 Å². The van der Waals surface area contributed by atoms with Crippen LogP contribution < -0.4 is 0 Å². The summed E-state index contributed by atoms with van der Waals surface area (Å²) in [4.78, 5) is 7.22. The molecule has 0 saturated heterocycles. The summed E-state index contributed by atoms with van der Waals surface area (Å²) in [5, 5.41) is 8.47. The number of nitrogens with zero attached hydrogens (tertiary/aromatic N) is 1. The van der Waals surface area contributed by atoms with Crippen LogP contribution in [-0.2, 0) is 0 Å². The summed E-state index contributed by atoms with van der Waals surface area (Å²) in [5.74, 6) is 0. The first-order valence-corrected chi connectivity index (χ1v) is 0.589. The maximum absolute atomic E-state index is 8.47. The fourth-order valence-electron chi connectivity index (χ4n) is 0. The van der Waals surface area contributed by atoms with Gasteiger partial charge in [0.15, 0.2) is 0 Å². The van der Waals surface area contributed by atoms with Gasteiger partial charge in [-0.25, -0.2) is 0 Å². The first-order chi connectivity index (χ1) is 1.73. The van der Waals surface area contributed by atoms with Gasteiger partial charge in [0.25, 0.3) is 0 Å². The zero-order valence-corrected chi connectivity index (χ0v) is 5.97. The van der Waals surface area contributed by atoms with Crippen molar-refractivity contribution in [2.24, 2.45) is 0 Å². The zero-order valence-electron chi connectivity index (χ0n) is 2.34. The molecule has 0 spiro atoms. The van der Waals surface area contributed by atoms with Gasteiger partial charge >= 0.3 is 7.05 Å². The molecule has 0 aliphatic heterocycles. The average molecular weight is 197 g/mol. The van der Waals surface area contributed by atoms with Gasteiger partial charge in [0, 0.05) is 35.6 Å². The van der Waals surface area contributed by atoms with Gasteiger partial charge in [-0.05, 0) is 0 Å². The summed E-state index contributed by atoms with van der Waals surface area (Å²) >= 11 is 0. The van der Waals surface area contributed by atoms with Crippen molar-refractivity contribution in [2.75, 3.05) is 0 Å². The largest absolute Gasteiger partial charge is 0.474 e. The van der Waals surface area contributed by atoms with Crippen LogP contribution in [0.15, 0.2) is 0 Å². The second-order valence-electron chi connectivity index (χ2n) is 0.257. The van der Waals surface area contributed by atoms with Crippen LogP contribution in [0, 0.1) is 52.8 Å². The van der Waals surface area contributed by atoms with Crippen LogP contribution in [-0.4, -0.2) is 4.92 Å². The Kier molecular flexibility index (Phi) is 8.40. The molecule has 4 radical (unpaired) electrons. The van der Waals surface area contributed by atoms with Crippen molar-refractivity contribution >= 4 is 0 Å². The molecule has 0 amide bonds. The van der Waals surface area contributed by atoms with E-state index in [-0.39, 0.29) is 35.6 Å². The smallest absolute Gasteiger partial charge is 0.263 e. The van der Waals surface area contributed by atoms with E-state index in [1.165, 1.54) is 0 Å². The average Bonchev–Trinajstić information content (AvgIpc) is 0.811. The molecule has 0 atom stereocenters. The molecule has 0 fully saturated rings. The molecule has 0 aromatic carbocycles. The van der Waals surface area contributed by atoms with Crippen LogP contribution in [0.25, 0.3) is 0 Å². The van der Waals surface area contributed by atoms with E-state index in [4.69, 9.17) is 17.2 Å². The third kappa shape index (κ3) is 87.4. The molecule has 0 N–H and O–H groups in total. The predicted octanol–water partition coefficient (Wildman–Crippen LogP) is -0.191.